The smallest absolute Gasteiger partial charge is 0.263 e. The van der Waals surface area contributed by atoms with Crippen molar-refractivity contribution in [3.05, 3.63) is 20.8 Å². The minimum absolute atomic E-state index is 0. The number of amides is 1. The number of carbonyl (C=O) groups excluding carboxylic acids is 1. The second-order valence-electron chi connectivity index (χ2n) is 3.73. The Labute approximate surface area is 110 Å². The number of thiophene rings is 1. The molecule has 0 radical (unpaired) electrons. The summed E-state index contributed by atoms with van der Waals surface area (Å²) in [5, 5.41) is 8.67. The fourth-order valence-electron chi connectivity index (χ4n) is 1.61. The molecule has 1 saturated heterocycles. The van der Waals surface area contributed by atoms with E-state index < -0.39 is 0 Å². The second kappa shape index (κ2) is 5.87. The summed E-state index contributed by atoms with van der Waals surface area (Å²) >= 11 is 7.43. The maximum absolute atomic E-state index is 11.8. The summed E-state index contributed by atoms with van der Waals surface area (Å²) in [7, 11) is 0. The van der Waals surface area contributed by atoms with E-state index in [4.69, 9.17) is 11.6 Å². The minimum Gasteiger partial charge on any atom is -0.347 e. The quantitative estimate of drug-likeness (QED) is 0.872. The van der Waals surface area contributed by atoms with Crippen LogP contribution in [0.2, 0.25) is 5.02 Å². The molecule has 0 aromatic carbocycles. The monoisotopic (exact) mass is 280 g/mol. The van der Waals surface area contributed by atoms with E-state index in [0.717, 1.165) is 25.1 Å². The highest BCUT2D eigenvalue weighted by Gasteiger charge is 2.20. The van der Waals surface area contributed by atoms with Crippen LogP contribution in [0.15, 0.2) is 5.38 Å². The summed E-state index contributed by atoms with van der Waals surface area (Å²) in [6.07, 6.45) is 0.994. The lowest BCUT2D eigenvalue weighted by Gasteiger charge is -2.10. The van der Waals surface area contributed by atoms with E-state index in [2.05, 4.69) is 10.6 Å². The van der Waals surface area contributed by atoms with Gasteiger partial charge in [-0.25, -0.2) is 0 Å². The Morgan fingerprint density at radius 1 is 1.69 bits per heavy atom. The van der Waals surface area contributed by atoms with Gasteiger partial charge >= 0.3 is 0 Å². The van der Waals surface area contributed by atoms with Crippen molar-refractivity contribution in [1.29, 1.82) is 0 Å². The molecule has 3 nitrogen and oxygen atoms in total. The van der Waals surface area contributed by atoms with Crippen molar-refractivity contribution >= 4 is 41.3 Å². The topological polar surface area (TPSA) is 41.1 Å². The molecule has 0 saturated carbocycles. The van der Waals surface area contributed by atoms with Gasteiger partial charge in [0.15, 0.2) is 0 Å². The molecule has 1 aliphatic rings. The molecular weight excluding hydrogens is 267 g/mol. The standard InChI is InChI=1S/C10H13ClN2OS.ClH/c1-6-5-15-9(8(6)11)10(14)13-7-2-3-12-4-7;/h5,7,12H,2-4H2,1H3,(H,13,14);1H. The van der Waals surface area contributed by atoms with E-state index in [9.17, 15) is 4.79 Å². The van der Waals surface area contributed by atoms with Gasteiger partial charge in [0, 0.05) is 12.6 Å². The maximum Gasteiger partial charge on any atom is 0.263 e. The fraction of sp³-hybridized carbons (Fsp3) is 0.500. The zero-order valence-corrected chi connectivity index (χ0v) is 11.3. The number of aryl methyl sites for hydroxylation is 1. The minimum atomic E-state index is -0.0493. The molecule has 16 heavy (non-hydrogen) atoms. The van der Waals surface area contributed by atoms with E-state index in [0.29, 0.717) is 9.90 Å². The summed E-state index contributed by atoms with van der Waals surface area (Å²) < 4.78 is 0. The molecule has 90 valence electrons. The SMILES string of the molecule is Cc1csc(C(=O)NC2CCNC2)c1Cl.Cl. The van der Waals surface area contributed by atoms with E-state index >= 15 is 0 Å². The Balaban J connectivity index is 0.00000128. The van der Waals surface area contributed by atoms with Crippen LogP contribution in [0.1, 0.15) is 21.7 Å². The van der Waals surface area contributed by atoms with Crippen molar-refractivity contribution < 1.29 is 4.79 Å². The first kappa shape index (κ1) is 13.8. The van der Waals surface area contributed by atoms with Gasteiger partial charge in [-0.1, -0.05) is 11.6 Å². The van der Waals surface area contributed by atoms with Crippen molar-refractivity contribution in [2.24, 2.45) is 0 Å². The van der Waals surface area contributed by atoms with Crippen molar-refractivity contribution in [3.8, 4) is 0 Å². The van der Waals surface area contributed by atoms with Gasteiger partial charge in [-0.15, -0.1) is 23.7 Å². The van der Waals surface area contributed by atoms with Gasteiger partial charge in [0.25, 0.3) is 5.91 Å². The van der Waals surface area contributed by atoms with Gasteiger partial charge in [0.05, 0.1) is 5.02 Å². The number of rotatable bonds is 2. The van der Waals surface area contributed by atoms with Crippen molar-refractivity contribution in [1.82, 2.24) is 10.6 Å². The molecule has 1 fully saturated rings. The Hall–Kier alpha value is -0.290. The number of hydrogen-bond donors (Lipinski definition) is 2. The van der Waals surface area contributed by atoms with Gasteiger partial charge in [0.1, 0.15) is 4.88 Å². The maximum atomic E-state index is 11.8. The van der Waals surface area contributed by atoms with Crippen LogP contribution in [0.25, 0.3) is 0 Å². The van der Waals surface area contributed by atoms with Gasteiger partial charge in [-0.2, -0.15) is 0 Å². The molecule has 1 aliphatic heterocycles. The number of halogens is 2. The highest BCUT2D eigenvalue weighted by atomic mass is 35.5. The number of nitrogens with one attached hydrogen (secondary N) is 2. The van der Waals surface area contributed by atoms with Crippen LogP contribution in [-0.2, 0) is 0 Å². The lowest BCUT2D eigenvalue weighted by Crippen LogP contribution is -2.35. The van der Waals surface area contributed by atoms with Crippen molar-refractivity contribution in [2.75, 3.05) is 13.1 Å². The van der Waals surface area contributed by atoms with Crippen LogP contribution >= 0.6 is 35.3 Å². The Bertz CT molecular complexity index is 375. The molecule has 0 aliphatic carbocycles. The molecule has 2 heterocycles. The third-order valence-electron chi connectivity index (χ3n) is 2.50. The Morgan fingerprint density at radius 2 is 2.44 bits per heavy atom. The summed E-state index contributed by atoms with van der Waals surface area (Å²) in [5.74, 6) is -0.0493. The molecule has 6 heteroatoms. The van der Waals surface area contributed by atoms with Gasteiger partial charge in [-0.05, 0) is 30.8 Å². The first-order chi connectivity index (χ1) is 7.18. The van der Waals surface area contributed by atoms with Gasteiger partial charge in [0.2, 0.25) is 0 Å². The molecule has 0 bridgehead atoms. The zero-order valence-electron chi connectivity index (χ0n) is 8.88. The number of carbonyl (C=O) groups is 1. The van der Waals surface area contributed by atoms with E-state index in [1.165, 1.54) is 11.3 Å². The Morgan fingerprint density at radius 3 is 2.94 bits per heavy atom. The molecule has 1 amide bonds. The average molecular weight is 281 g/mol. The molecule has 0 spiro atoms. The van der Waals surface area contributed by atoms with Gasteiger partial charge < -0.3 is 10.6 Å². The van der Waals surface area contributed by atoms with E-state index in [-0.39, 0.29) is 24.4 Å². The average Bonchev–Trinajstić information content (AvgIpc) is 2.79. The summed E-state index contributed by atoms with van der Waals surface area (Å²) in [4.78, 5) is 12.4. The third kappa shape index (κ3) is 2.88. The highest BCUT2D eigenvalue weighted by molar-refractivity contribution is 7.13. The zero-order chi connectivity index (χ0) is 10.8. The lowest BCUT2D eigenvalue weighted by atomic mass is 10.2. The molecule has 1 aromatic rings. The fourth-order valence-corrected chi connectivity index (χ4v) is 2.79. The highest BCUT2D eigenvalue weighted by Crippen LogP contribution is 2.27. The summed E-state index contributed by atoms with van der Waals surface area (Å²) in [5.41, 5.74) is 0.969. The van der Waals surface area contributed by atoms with Crippen LogP contribution in [-0.4, -0.2) is 25.0 Å². The van der Waals surface area contributed by atoms with Gasteiger partial charge in [-0.3, -0.25) is 4.79 Å². The lowest BCUT2D eigenvalue weighted by molar-refractivity contribution is 0.0944. The number of hydrogen-bond acceptors (Lipinski definition) is 3. The van der Waals surface area contributed by atoms with Crippen molar-refractivity contribution in [3.63, 3.8) is 0 Å². The molecule has 2 N–H and O–H groups in total. The molecule has 1 aromatic heterocycles. The molecular formula is C10H14Cl2N2OS. The predicted molar refractivity (Wildman–Crippen MR) is 70.1 cm³/mol. The summed E-state index contributed by atoms with van der Waals surface area (Å²) in [6.45, 7) is 3.74. The van der Waals surface area contributed by atoms with Crippen molar-refractivity contribution in [2.45, 2.75) is 19.4 Å². The molecule has 2 rings (SSSR count). The predicted octanol–water partition coefficient (Wildman–Crippen LogP) is 2.22. The van der Waals surface area contributed by atoms with Crippen LogP contribution in [0.5, 0.6) is 0 Å². The largest absolute Gasteiger partial charge is 0.347 e. The molecule has 1 atom stereocenters. The normalized spacial score (nSPS) is 19.2. The first-order valence-electron chi connectivity index (χ1n) is 4.93. The third-order valence-corrected chi connectivity index (χ3v) is 4.20. The molecule has 1 unspecified atom stereocenters. The first-order valence-corrected chi connectivity index (χ1v) is 6.19. The van der Waals surface area contributed by atoms with Crippen LogP contribution in [0.3, 0.4) is 0 Å². The van der Waals surface area contributed by atoms with E-state index in [1.807, 2.05) is 12.3 Å². The van der Waals surface area contributed by atoms with Crippen LogP contribution in [0, 0.1) is 6.92 Å². The second-order valence-corrected chi connectivity index (χ2v) is 4.98. The summed E-state index contributed by atoms with van der Waals surface area (Å²) in [6, 6.07) is 0.246. The Kier molecular flexibility index (Phi) is 5.05. The van der Waals surface area contributed by atoms with Crippen LogP contribution in [0.4, 0.5) is 0 Å². The van der Waals surface area contributed by atoms with Crippen LogP contribution < -0.4 is 10.6 Å². The van der Waals surface area contributed by atoms with E-state index in [1.54, 1.807) is 0 Å².